The predicted octanol–water partition coefficient (Wildman–Crippen LogP) is 6.03. The van der Waals surface area contributed by atoms with Gasteiger partial charge in [-0.3, -0.25) is 0 Å². The molecule has 0 heterocycles. The molecule has 0 N–H and O–H groups in total. The average Bonchev–Trinajstić information content (AvgIpc) is 3.12. The summed E-state index contributed by atoms with van der Waals surface area (Å²) < 4.78 is 1.21. The molecule has 0 unspecified atom stereocenters. The Bertz CT molecular complexity index is 524. The van der Waals surface area contributed by atoms with Gasteiger partial charge in [-0.1, -0.05) is 39.3 Å². The van der Waals surface area contributed by atoms with E-state index in [1.54, 1.807) is 10.4 Å². The van der Waals surface area contributed by atoms with Gasteiger partial charge in [-0.25, -0.2) is 22.5 Å². The Morgan fingerprint density at radius 1 is 0.792 bits per heavy atom. The Labute approximate surface area is 165 Å². The average molecular weight is 435 g/mol. The number of halogens is 2. The van der Waals surface area contributed by atoms with Crippen LogP contribution < -0.4 is 10.4 Å². The van der Waals surface area contributed by atoms with Crippen LogP contribution in [0.4, 0.5) is 0 Å². The van der Waals surface area contributed by atoms with E-state index in [0.29, 0.717) is 0 Å². The summed E-state index contributed by atoms with van der Waals surface area (Å²) in [4.78, 5) is 0. The van der Waals surface area contributed by atoms with Crippen LogP contribution >= 0.6 is 18.6 Å². The van der Waals surface area contributed by atoms with Gasteiger partial charge < -0.3 is 0 Å². The van der Waals surface area contributed by atoms with E-state index < -0.39 is 31.4 Å². The molecule has 0 aliphatic rings. The van der Waals surface area contributed by atoms with Crippen LogP contribution in [0.1, 0.15) is 13.8 Å². The molecule has 24 heavy (non-hydrogen) atoms. The zero-order valence-corrected chi connectivity index (χ0v) is 21.4. The van der Waals surface area contributed by atoms with E-state index in [9.17, 15) is 0 Å². The van der Waals surface area contributed by atoms with Gasteiger partial charge in [0.2, 0.25) is 0 Å². The van der Waals surface area contributed by atoms with E-state index in [2.05, 4.69) is 87.8 Å². The van der Waals surface area contributed by atoms with Crippen LogP contribution in [0.2, 0.25) is 39.3 Å². The normalized spacial score (nSPS) is 10.9. The minimum Gasteiger partial charge on any atom is -0.212 e. The Kier molecular flexibility index (Phi) is 11.2. The van der Waals surface area contributed by atoms with Crippen molar-refractivity contribution in [2.24, 2.45) is 0 Å². The summed E-state index contributed by atoms with van der Waals surface area (Å²) in [5, 5.41) is 3.12. The molecule has 0 atom stereocenters. The molecule has 0 saturated carbocycles. The van der Waals surface area contributed by atoms with Crippen molar-refractivity contribution in [3.05, 3.63) is 48.5 Å². The van der Waals surface area contributed by atoms with Gasteiger partial charge in [0.15, 0.2) is 0 Å². The van der Waals surface area contributed by atoms with Gasteiger partial charge in [0.25, 0.3) is 0 Å². The third kappa shape index (κ3) is 11.0. The summed E-state index contributed by atoms with van der Waals surface area (Å²) in [5.74, 6) is 0. The van der Waals surface area contributed by atoms with Crippen LogP contribution in [0.5, 0.6) is 0 Å². The molecule has 0 nitrogen and oxygen atoms in total. The zero-order chi connectivity index (χ0) is 19.0. The van der Waals surface area contributed by atoms with Crippen molar-refractivity contribution in [1.29, 1.82) is 0 Å². The van der Waals surface area contributed by atoms with Crippen LogP contribution in [0, 0.1) is 0 Å². The van der Waals surface area contributed by atoms with E-state index in [4.69, 9.17) is 18.6 Å². The molecule has 0 aliphatic heterocycles. The van der Waals surface area contributed by atoms with E-state index in [1.165, 1.54) is 3.81 Å². The van der Waals surface area contributed by atoms with Gasteiger partial charge in [-0.2, -0.15) is 36.4 Å². The molecule has 5 heteroatoms. The maximum absolute atomic E-state index is 5.51. The summed E-state index contributed by atoms with van der Waals surface area (Å²) in [6.07, 6.45) is 0. The first kappa shape index (κ1) is 24.3. The maximum Gasteiger partial charge on any atom is 0.00392 e. The van der Waals surface area contributed by atoms with E-state index in [0.717, 1.165) is 0 Å². The number of hydrogen-bond acceptors (Lipinski definition) is 0. The van der Waals surface area contributed by atoms with Crippen molar-refractivity contribution in [2.75, 3.05) is 0 Å². The van der Waals surface area contributed by atoms with Crippen molar-refractivity contribution in [3.63, 3.8) is 0 Å². The second kappa shape index (κ2) is 11.1. The summed E-state index contributed by atoms with van der Waals surface area (Å²) in [5.41, 5.74) is 0. The Morgan fingerprint density at radius 2 is 1.08 bits per heavy atom. The molecular weight excluding hydrogens is 403 g/mol. The monoisotopic (exact) mass is 434 g/mol. The molecule has 0 radical (unpaired) electrons. The first-order chi connectivity index (χ1) is 10.9. The molecular formula is C19H32Cl2Si2Ti-2. The molecule has 0 spiro atoms. The van der Waals surface area contributed by atoms with Crippen LogP contribution in [0.25, 0.3) is 0 Å². The Hall–Kier alpha value is 0.298. The third-order valence-corrected chi connectivity index (χ3v) is 11.9. The fourth-order valence-electron chi connectivity index (χ4n) is 1.75. The van der Waals surface area contributed by atoms with Gasteiger partial charge in [-0.15, -0.1) is 0 Å². The third-order valence-electron chi connectivity index (χ3n) is 3.44. The number of rotatable bonds is 2. The maximum atomic E-state index is 5.51. The molecule has 2 aromatic carbocycles. The number of hydrogen-bond donors (Lipinski definition) is 0. The van der Waals surface area contributed by atoms with Crippen LogP contribution in [-0.2, 0) is 15.3 Å². The van der Waals surface area contributed by atoms with Gasteiger partial charge in [-0.05, 0) is 0 Å². The molecule has 0 fully saturated rings. The molecule has 0 aliphatic carbocycles. The molecule has 2 rings (SSSR count). The first-order valence-corrected chi connectivity index (χ1v) is 20.4. The van der Waals surface area contributed by atoms with Gasteiger partial charge in [0.1, 0.15) is 0 Å². The molecule has 0 bridgehead atoms. The van der Waals surface area contributed by atoms with Crippen LogP contribution in [-0.4, -0.2) is 20.0 Å². The van der Waals surface area contributed by atoms with E-state index in [-0.39, 0.29) is 0 Å². The Morgan fingerprint density at radius 3 is 1.17 bits per heavy atom. The Balaban J connectivity index is 0.000000340. The van der Waals surface area contributed by atoms with E-state index in [1.807, 2.05) is 13.8 Å². The standard InChI is InChI=1S/2C8H13Si.C3H6.2ClH.Ti/c2*1-9(2,3)8-6-4-5-7-8;1-3-2;;;/h2*4-7H,1-3H3;1-2H3;2*1H;/q2*-1;;;;+2/p-2. The van der Waals surface area contributed by atoms with E-state index >= 15 is 0 Å². The minimum absolute atomic E-state index is 0.981. The zero-order valence-electron chi connectivity index (χ0n) is 16.4. The fraction of sp³-hybridized carbons (Fsp3) is 0.421. The first-order valence-electron chi connectivity index (χ1n) is 8.28. The second-order valence-corrected chi connectivity index (χ2v) is 24.6. The van der Waals surface area contributed by atoms with Crippen molar-refractivity contribution in [3.8, 4) is 0 Å². The van der Waals surface area contributed by atoms with Crippen molar-refractivity contribution < 1.29 is 15.3 Å². The quantitative estimate of drug-likeness (QED) is 0.399. The summed E-state index contributed by atoms with van der Waals surface area (Å²) in [7, 11) is 9.05. The van der Waals surface area contributed by atoms with Crippen molar-refractivity contribution >= 4 is 48.9 Å². The summed E-state index contributed by atoms with van der Waals surface area (Å²) in [6.45, 7) is 18.1. The fourth-order valence-corrected chi connectivity index (χ4v) is 4.13. The van der Waals surface area contributed by atoms with Gasteiger partial charge in [0, 0.05) is 16.1 Å². The van der Waals surface area contributed by atoms with Crippen LogP contribution in [0.3, 0.4) is 0 Å². The smallest absolute Gasteiger partial charge is 0.00392 e. The SMILES string of the molecule is C[C](C)=[Ti]([Cl])[Cl].C[Si](C)(C)c1cc[cH-]c1.C[Si](C)(C)c1cc[cH-]c1. The summed E-state index contributed by atoms with van der Waals surface area (Å²) in [6, 6.07) is 17.4. The largest absolute Gasteiger partial charge is 0.212 e. The molecule has 0 amide bonds. The molecule has 0 saturated heterocycles. The minimum atomic E-state index is -1.60. The van der Waals surface area contributed by atoms with Crippen molar-refractivity contribution in [1.82, 2.24) is 0 Å². The van der Waals surface area contributed by atoms with Gasteiger partial charge in [0.05, 0.1) is 0 Å². The second-order valence-electron chi connectivity index (χ2n) is 8.11. The van der Waals surface area contributed by atoms with Crippen LogP contribution in [0.15, 0.2) is 48.5 Å². The molecule has 0 aromatic heterocycles. The summed E-state index contributed by atoms with van der Waals surface area (Å²) >= 11 is -1.60. The van der Waals surface area contributed by atoms with Gasteiger partial charge >= 0.3 is 51.6 Å². The van der Waals surface area contributed by atoms with Crippen molar-refractivity contribution in [2.45, 2.75) is 53.1 Å². The predicted molar refractivity (Wildman–Crippen MR) is 118 cm³/mol. The topological polar surface area (TPSA) is 0 Å². The molecule has 2 aromatic rings. The molecule has 136 valence electrons.